The zero-order valence-corrected chi connectivity index (χ0v) is 18.5. The summed E-state index contributed by atoms with van der Waals surface area (Å²) in [5.74, 6) is 0.410. The summed E-state index contributed by atoms with van der Waals surface area (Å²) in [6.45, 7) is 4.87. The summed E-state index contributed by atoms with van der Waals surface area (Å²) in [4.78, 5) is 8.99. The molecule has 0 spiro atoms. The first-order valence-corrected chi connectivity index (χ1v) is 10.7. The number of halogens is 1. The minimum atomic E-state index is -0.206. The Labute approximate surface area is 191 Å². The second kappa shape index (κ2) is 11.6. The summed E-state index contributed by atoms with van der Waals surface area (Å²) >= 11 is 0. The number of hydrogen-bond acceptors (Lipinski definition) is 4. The molecule has 4 rings (SSSR count). The van der Waals surface area contributed by atoms with E-state index < -0.39 is 0 Å². The predicted octanol–water partition coefficient (Wildman–Crippen LogP) is 4.91. The fourth-order valence-electron chi connectivity index (χ4n) is 4.36. The molecule has 0 N–H and O–H groups in total. The van der Waals surface area contributed by atoms with Crippen LogP contribution in [0.3, 0.4) is 0 Å². The molecule has 0 saturated carbocycles. The monoisotopic (exact) mass is 432 g/mol. The lowest BCUT2D eigenvalue weighted by molar-refractivity contribution is 0.112. The van der Waals surface area contributed by atoms with Crippen LogP contribution in [0.1, 0.15) is 35.1 Å². The third-order valence-corrected chi connectivity index (χ3v) is 6.03. The Kier molecular flexibility index (Phi) is 8.61. The molecule has 1 aliphatic rings. The molecule has 1 saturated heterocycles. The molecule has 0 radical (unpaired) electrons. The molecule has 4 nitrogen and oxygen atoms in total. The van der Waals surface area contributed by atoms with Crippen LogP contribution < -0.4 is 0 Å². The Balaban J connectivity index is 0.00000272. The predicted molar refractivity (Wildman–Crippen MR) is 127 cm³/mol. The van der Waals surface area contributed by atoms with Crippen LogP contribution in [0.2, 0.25) is 0 Å². The first-order valence-electron chi connectivity index (χ1n) is 10.7. The molecule has 1 atom stereocenters. The van der Waals surface area contributed by atoms with Crippen LogP contribution in [-0.2, 0) is 0 Å². The van der Waals surface area contributed by atoms with E-state index in [4.69, 9.17) is 0 Å². The fourth-order valence-corrected chi connectivity index (χ4v) is 4.36. The lowest BCUT2D eigenvalue weighted by Crippen LogP contribution is -2.47. The van der Waals surface area contributed by atoms with E-state index in [2.05, 4.69) is 81.5 Å². The van der Waals surface area contributed by atoms with Crippen molar-refractivity contribution in [1.29, 1.82) is 5.26 Å². The number of aromatic nitrogens is 1. The molecule has 1 aromatic heterocycles. The normalized spacial score (nSPS) is 15.7. The van der Waals surface area contributed by atoms with Crippen molar-refractivity contribution in [3.63, 3.8) is 0 Å². The maximum Gasteiger partial charge on any atom is 0.125 e. The number of pyridine rings is 1. The lowest BCUT2D eigenvalue weighted by atomic mass is 9.88. The van der Waals surface area contributed by atoms with Gasteiger partial charge in [0.25, 0.3) is 0 Å². The Morgan fingerprint density at radius 1 is 0.806 bits per heavy atom. The molecule has 0 aliphatic carbocycles. The minimum absolute atomic E-state index is 0. The number of hydrogen-bond donors (Lipinski definition) is 0. The second-order valence-corrected chi connectivity index (χ2v) is 7.86. The molecule has 1 fully saturated rings. The van der Waals surface area contributed by atoms with Gasteiger partial charge in [-0.3, -0.25) is 9.88 Å². The molecule has 0 bridgehead atoms. The number of benzene rings is 2. The summed E-state index contributed by atoms with van der Waals surface area (Å²) in [6, 6.07) is 27.8. The molecule has 31 heavy (non-hydrogen) atoms. The highest BCUT2D eigenvalue weighted by Crippen LogP contribution is 2.28. The van der Waals surface area contributed by atoms with E-state index in [9.17, 15) is 5.26 Å². The highest BCUT2D eigenvalue weighted by molar-refractivity contribution is 5.85. The van der Waals surface area contributed by atoms with Gasteiger partial charge in [-0.05, 0) is 30.2 Å². The van der Waals surface area contributed by atoms with Gasteiger partial charge in [-0.1, -0.05) is 66.7 Å². The van der Waals surface area contributed by atoms with Crippen LogP contribution in [0.25, 0.3) is 0 Å². The Bertz CT molecular complexity index is 896. The van der Waals surface area contributed by atoms with Gasteiger partial charge < -0.3 is 4.90 Å². The SMILES string of the molecule is Cl.N#CC(c1cccnc1)N1CCN(CCC(c2ccccc2)c2ccccc2)CC1. The molecular weight excluding hydrogens is 404 g/mol. The van der Waals surface area contributed by atoms with Crippen molar-refractivity contribution in [3.8, 4) is 6.07 Å². The van der Waals surface area contributed by atoms with Gasteiger partial charge in [-0.15, -0.1) is 12.4 Å². The Morgan fingerprint density at radius 3 is 1.90 bits per heavy atom. The van der Waals surface area contributed by atoms with E-state index in [1.54, 1.807) is 6.20 Å². The first-order chi connectivity index (χ1) is 14.8. The zero-order valence-electron chi connectivity index (χ0n) is 17.7. The molecule has 0 amide bonds. The van der Waals surface area contributed by atoms with Crippen LogP contribution in [0.5, 0.6) is 0 Å². The highest BCUT2D eigenvalue weighted by atomic mass is 35.5. The van der Waals surface area contributed by atoms with E-state index in [-0.39, 0.29) is 18.4 Å². The van der Waals surface area contributed by atoms with Crippen molar-refractivity contribution in [2.45, 2.75) is 18.4 Å². The average Bonchev–Trinajstić information content (AvgIpc) is 2.83. The van der Waals surface area contributed by atoms with E-state index >= 15 is 0 Å². The average molecular weight is 433 g/mol. The number of nitrogens with zero attached hydrogens (tertiary/aromatic N) is 4. The van der Waals surface area contributed by atoms with Crippen LogP contribution >= 0.6 is 12.4 Å². The van der Waals surface area contributed by atoms with Crippen molar-refractivity contribution < 1.29 is 0 Å². The van der Waals surface area contributed by atoms with Crippen LogP contribution in [-0.4, -0.2) is 47.5 Å². The third-order valence-electron chi connectivity index (χ3n) is 6.03. The molecule has 3 aromatic rings. The molecule has 1 unspecified atom stereocenters. The smallest absolute Gasteiger partial charge is 0.125 e. The van der Waals surface area contributed by atoms with Crippen molar-refractivity contribution >= 4 is 12.4 Å². The summed E-state index contributed by atoms with van der Waals surface area (Å²) in [5.41, 5.74) is 3.74. The molecule has 2 heterocycles. The standard InChI is InChI=1S/C26H28N4.ClH/c27-20-26(24-12-7-14-28-21-24)30-18-16-29(17-19-30)15-13-25(22-8-3-1-4-9-22)23-10-5-2-6-11-23;/h1-12,14,21,25-26H,13,15-19H2;1H. The van der Waals surface area contributed by atoms with Crippen LogP contribution in [0, 0.1) is 11.3 Å². The Hall–Kier alpha value is -2.71. The topological polar surface area (TPSA) is 43.2 Å². The maximum atomic E-state index is 9.69. The second-order valence-electron chi connectivity index (χ2n) is 7.86. The summed E-state index contributed by atoms with van der Waals surface area (Å²) in [6.07, 6.45) is 4.66. The largest absolute Gasteiger partial charge is 0.301 e. The van der Waals surface area contributed by atoms with E-state index in [1.165, 1.54) is 11.1 Å². The van der Waals surface area contributed by atoms with Crippen molar-refractivity contribution in [1.82, 2.24) is 14.8 Å². The van der Waals surface area contributed by atoms with E-state index in [0.29, 0.717) is 5.92 Å². The lowest BCUT2D eigenvalue weighted by Gasteiger charge is -2.37. The molecule has 2 aromatic carbocycles. The number of nitriles is 1. The minimum Gasteiger partial charge on any atom is -0.301 e. The van der Waals surface area contributed by atoms with E-state index in [0.717, 1.165) is 44.7 Å². The third kappa shape index (κ3) is 5.92. The van der Waals surface area contributed by atoms with Gasteiger partial charge in [-0.25, -0.2) is 0 Å². The zero-order chi connectivity index (χ0) is 20.6. The van der Waals surface area contributed by atoms with Crippen molar-refractivity contribution in [2.24, 2.45) is 0 Å². The van der Waals surface area contributed by atoms with Gasteiger partial charge in [-0.2, -0.15) is 5.26 Å². The fraction of sp³-hybridized carbons (Fsp3) is 0.308. The van der Waals surface area contributed by atoms with Gasteiger partial charge in [0.2, 0.25) is 0 Å². The molecule has 1 aliphatic heterocycles. The Morgan fingerprint density at radius 2 is 1.39 bits per heavy atom. The molecular formula is C26H29ClN4. The molecule has 5 heteroatoms. The van der Waals surface area contributed by atoms with Crippen molar-refractivity contribution in [2.75, 3.05) is 32.7 Å². The number of rotatable bonds is 7. The van der Waals surface area contributed by atoms with Gasteiger partial charge in [0.05, 0.1) is 6.07 Å². The van der Waals surface area contributed by atoms with Crippen molar-refractivity contribution in [3.05, 3.63) is 102 Å². The quantitative estimate of drug-likeness (QED) is 0.532. The summed E-state index contributed by atoms with van der Waals surface area (Å²) < 4.78 is 0. The summed E-state index contributed by atoms with van der Waals surface area (Å²) in [7, 11) is 0. The van der Waals surface area contributed by atoms with E-state index in [1.807, 2.05) is 18.3 Å². The molecule has 160 valence electrons. The summed E-state index contributed by atoms with van der Waals surface area (Å²) in [5, 5.41) is 9.69. The first kappa shape index (κ1) is 23.0. The van der Waals surface area contributed by atoms with Gasteiger partial charge in [0.1, 0.15) is 6.04 Å². The van der Waals surface area contributed by atoms with Crippen LogP contribution in [0.4, 0.5) is 0 Å². The van der Waals surface area contributed by atoms with Gasteiger partial charge in [0, 0.05) is 50.1 Å². The maximum absolute atomic E-state index is 9.69. The van der Waals surface area contributed by atoms with Gasteiger partial charge >= 0.3 is 0 Å². The van der Waals surface area contributed by atoms with Crippen LogP contribution in [0.15, 0.2) is 85.2 Å². The highest BCUT2D eigenvalue weighted by Gasteiger charge is 2.25. The number of piperazine rings is 1. The van der Waals surface area contributed by atoms with Gasteiger partial charge in [0.15, 0.2) is 0 Å².